The van der Waals surface area contributed by atoms with Crippen LogP contribution in [-0.4, -0.2) is 24.8 Å². The van der Waals surface area contributed by atoms with Crippen LogP contribution in [0.4, 0.5) is 0 Å². The Morgan fingerprint density at radius 3 is 3.06 bits per heavy atom. The van der Waals surface area contributed by atoms with Crippen molar-refractivity contribution in [2.45, 2.75) is 20.3 Å². The van der Waals surface area contributed by atoms with E-state index in [0.717, 1.165) is 0 Å². The molecule has 5 heteroatoms. The highest BCUT2D eigenvalue weighted by molar-refractivity contribution is 5.96. The summed E-state index contributed by atoms with van der Waals surface area (Å²) in [7, 11) is 0. The van der Waals surface area contributed by atoms with Gasteiger partial charge in [-0.05, 0) is 26.0 Å². The van der Waals surface area contributed by atoms with Crippen molar-refractivity contribution in [1.82, 2.24) is 5.43 Å². The van der Waals surface area contributed by atoms with E-state index in [9.17, 15) is 4.79 Å². The Morgan fingerprint density at radius 1 is 1.62 bits per heavy atom. The summed E-state index contributed by atoms with van der Waals surface area (Å²) in [6.07, 6.45) is 1.87. The van der Waals surface area contributed by atoms with Crippen molar-refractivity contribution in [1.29, 1.82) is 0 Å². The fourth-order valence-electron chi connectivity index (χ4n) is 1.05. The molecule has 1 amide bonds. The van der Waals surface area contributed by atoms with Crippen molar-refractivity contribution in [2.75, 3.05) is 13.2 Å². The quantitative estimate of drug-likeness (QED) is 0.453. The Bertz CT molecular complexity index is 344. The summed E-state index contributed by atoms with van der Waals surface area (Å²) in [5.74, 6) is 0.476. The average Bonchev–Trinajstić information content (AvgIpc) is 2.79. The number of nitrogens with zero attached hydrogens (tertiary/aromatic N) is 1. The standard InChI is InChI=1S/C11H16N2O3/c1-3-15-8-6-11(14)13-12-9(2)10-5-4-7-16-10/h4-5,7H,3,6,8H2,1-2H3,(H,13,14)/b12-9+. The summed E-state index contributed by atoms with van der Waals surface area (Å²) in [6.45, 7) is 4.68. The Kier molecular flexibility index (Phi) is 5.28. The molecule has 0 spiro atoms. The largest absolute Gasteiger partial charge is 0.463 e. The van der Waals surface area contributed by atoms with E-state index in [2.05, 4.69) is 10.5 Å². The highest BCUT2D eigenvalue weighted by Crippen LogP contribution is 2.00. The summed E-state index contributed by atoms with van der Waals surface area (Å²) in [5, 5.41) is 3.91. The molecule has 1 aromatic rings. The number of nitrogens with one attached hydrogen (secondary N) is 1. The predicted molar refractivity (Wildman–Crippen MR) is 60.2 cm³/mol. The number of hydrogen-bond donors (Lipinski definition) is 1. The second kappa shape index (κ2) is 6.79. The Balaban J connectivity index is 2.32. The molecule has 88 valence electrons. The minimum absolute atomic E-state index is 0.167. The van der Waals surface area contributed by atoms with Gasteiger partial charge in [-0.2, -0.15) is 5.10 Å². The number of ether oxygens (including phenoxy) is 1. The van der Waals surface area contributed by atoms with E-state index in [0.29, 0.717) is 31.1 Å². The summed E-state index contributed by atoms with van der Waals surface area (Å²) >= 11 is 0. The first-order valence-electron chi connectivity index (χ1n) is 5.18. The van der Waals surface area contributed by atoms with Crippen LogP contribution in [-0.2, 0) is 9.53 Å². The first-order chi connectivity index (χ1) is 7.74. The molecular formula is C11H16N2O3. The van der Waals surface area contributed by atoms with E-state index >= 15 is 0 Å². The molecule has 1 heterocycles. The fourth-order valence-corrected chi connectivity index (χ4v) is 1.05. The van der Waals surface area contributed by atoms with Crippen LogP contribution in [0.15, 0.2) is 27.9 Å². The zero-order valence-corrected chi connectivity index (χ0v) is 9.53. The molecule has 0 aromatic carbocycles. The number of furan rings is 1. The minimum atomic E-state index is -0.167. The molecule has 0 aliphatic heterocycles. The second-order valence-corrected chi connectivity index (χ2v) is 3.16. The Hall–Kier alpha value is -1.62. The molecule has 16 heavy (non-hydrogen) atoms. The van der Waals surface area contributed by atoms with Crippen LogP contribution in [0.5, 0.6) is 0 Å². The number of rotatable bonds is 6. The molecule has 0 saturated heterocycles. The van der Waals surface area contributed by atoms with E-state index in [1.54, 1.807) is 25.3 Å². The van der Waals surface area contributed by atoms with Crippen molar-refractivity contribution < 1.29 is 13.9 Å². The number of carbonyl (C=O) groups excluding carboxylic acids is 1. The van der Waals surface area contributed by atoms with Crippen LogP contribution >= 0.6 is 0 Å². The van der Waals surface area contributed by atoms with E-state index in [-0.39, 0.29) is 5.91 Å². The first-order valence-corrected chi connectivity index (χ1v) is 5.18. The molecule has 1 rings (SSSR count). The molecule has 0 aliphatic carbocycles. The van der Waals surface area contributed by atoms with Crippen LogP contribution in [0.2, 0.25) is 0 Å². The van der Waals surface area contributed by atoms with Gasteiger partial charge in [-0.1, -0.05) is 0 Å². The van der Waals surface area contributed by atoms with E-state index in [4.69, 9.17) is 9.15 Å². The van der Waals surface area contributed by atoms with E-state index in [1.165, 1.54) is 0 Å². The topological polar surface area (TPSA) is 63.8 Å². The highest BCUT2D eigenvalue weighted by atomic mass is 16.5. The molecule has 0 bridgehead atoms. The monoisotopic (exact) mass is 224 g/mol. The third kappa shape index (κ3) is 4.27. The molecule has 0 saturated carbocycles. The van der Waals surface area contributed by atoms with Gasteiger partial charge >= 0.3 is 0 Å². The molecule has 0 atom stereocenters. The van der Waals surface area contributed by atoms with Crippen molar-refractivity contribution in [3.8, 4) is 0 Å². The molecule has 0 radical (unpaired) electrons. The zero-order chi connectivity index (χ0) is 11.8. The lowest BCUT2D eigenvalue weighted by atomic mass is 10.3. The first kappa shape index (κ1) is 12.4. The van der Waals surface area contributed by atoms with Gasteiger partial charge in [0.15, 0.2) is 0 Å². The van der Waals surface area contributed by atoms with Crippen LogP contribution in [0.3, 0.4) is 0 Å². The van der Waals surface area contributed by atoms with E-state index < -0.39 is 0 Å². The van der Waals surface area contributed by atoms with Crippen LogP contribution < -0.4 is 5.43 Å². The summed E-state index contributed by atoms with van der Waals surface area (Å²) < 4.78 is 10.2. The van der Waals surface area contributed by atoms with Gasteiger partial charge in [-0.25, -0.2) is 5.43 Å². The highest BCUT2D eigenvalue weighted by Gasteiger charge is 2.02. The molecular weight excluding hydrogens is 208 g/mol. The normalized spacial score (nSPS) is 11.5. The molecule has 0 fully saturated rings. The lowest BCUT2D eigenvalue weighted by molar-refractivity contribution is -0.122. The Labute approximate surface area is 94.5 Å². The maximum Gasteiger partial charge on any atom is 0.242 e. The molecule has 0 aliphatic rings. The summed E-state index contributed by atoms with van der Waals surface area (Å²) in [6, 6.07) is 3.55. The maximum absolute atomic E-state index is 11.3. The van der Waals surface area contributed by atoms with Gasteiger partial charge in [-0.3, -0.25) is 4.79 Å². The van der Waals surface area contributed by atoms with Gasteiger partial charge in [-0.15, -0.1) is 0 Å². The van der Waals surface area contributed by atoms with Gasteiger partial charge in [0.05, 0.1) is 19.3 Å². The van der Waals surface area contributed by atoms with Gasteiger partial charge in [0, 0.05) is 6.61 Å². The predicted octanol–water partition coefficient (Wildman–Crippen LogP) is 1.55. The van der Waals surface area contributed by atoms with E-state index in [1.807, 2.05) is 6.92 Å². The lowest BCUT2D eigenvalue weighted by Gasteiger charge is -2.01. The lowest BCUT2D eigenvalue weighted by Crippen LogP contribution is -2.20. The maximum atomic E-state index is 11.3. The van der Waals surface area contributed by atoms with Gasteiger partial charge in [0.2, 0.25) is 5.91 Å². The van der Waals surface area contributed by atoms with Crippen molar-refractivity contribution in [3.63, 3.8) is 0 Å². The number of carbonyl (C=O) groups is 1. The van der Waals surface area contributed by atoms with Crippen molar-refractivity contribution in [3.05, 3.63) is 24.2 Å². The Morgan fingerprint density at radius 2 is 2.44 bits per heavy atom. The number of hydrazone groups is 1. The SMILES string of the molecule is CCOCCC(=O)N/N=C(\C)c1ccco1. The third-order valence-electron chi connectivity index (χ3n) is 1.90. The van der Waals surface area contributed by atoms with Gasteiger partial charge < -0.3 is 9.15 Å². The van der Waals surface area contributed by atoms with Crippen molar-refractivity contribution >= 4 is 11.6 Å². The second-order valence-electron chi connectivity index (χ2n) is 3.16. The fraction of sp³-hybridized carbons (Fsp3) is 0.455. The zero-order valence-electron chi connectivity index (χ0n) is 9.53. The number of hydrogen-bond acceptors (Lipinski definition) is 4. The summed E-state index contributed by atoms with van der Waals surface area (Å²) in [5.41, 5.74) is 3.07. The minimum Gasteiger partial charge on any atom is -0.463 e. The van der Waals surface area contributed by atoms with Crippen LogP contribution in [0.1, 0.15) is 26.0 Å². The molecule has 5 nitrogen and oxygen atoms in total. The number of amides is 1. The summed E-state index contributed by atoms with van der Waals surface area (Å²) in [4.78, 5) is 11.3. The molecule has 1 N–H and O–H groups in total. The van der Waals surface area contributed by atoms with Crippen molar-refractivity contribution in [2.24, 2.45) is 5.10 Å². The van der Waals surface area contributed by atoms with Gasteiger partial charge in [0.25, 0.3) is 0 Å². The van der Waals surface area contributed by atoms with Gasteiger partial charge in [0.1, 0.15) is 11.5 Å². The molecule has 0 unspecified atom stereocenters. The van der Waals surface area contributed by atoms with Crippen LogP contribution in [0, 0.1) is 0 Å². The smallest absolute Gasteiger partial charge is 0.242 e. The van der Waals surface area contributed by atoms with Crippen LogP contribution in [0.25, 0.3) is 0 Å². The average molecular weight is 224 g/mol. The molecule has 1 aromatic heterocycles. The third-order valence-corrected chi connectivity index (χ3v) is 1.90.